The van der Waals surface area contributed by atoms with Gasteiger partial charge in [-0.15, -0.1) is 37.2 Å². The van der Waals surface area contributed by atoms with Crippen molar-refractivity contribution in [3.8, 4) is 22.5 Å². The van der Waals surface area contributed by atoms with Gasteiger partial charge in [0.25, 0.3) is 0 Å². The Kier molecular flexibility index (Phi) is 13.3. The normalized spacial score (nSPS) is 13.2. The van der Waals surface area contributed by atoms with Crippen LogP contribution < -0.4 is 4.90 Å². The van der Waals surface area contributed by atoms with Gasteiger partial charge in [-0.2, -0.15) is 0 Å². The SMILES string of the molecule is Cc1ccc(N(Cc2ccnc(-c3ccc(F)cc3)c2)C2CCN(Cc3ccnc(-c4ccc(F)cc4)c3)CC2)cc1.Cl.Cl.Cl. The van der Waals surface area contributed by atoms with E-state index in [4.69, 9.17) is 0 Å². The van der Waals surface area contributed by atoms with Crippen molar-refractivity contribution in [2.24, 2.45) is 0 Å². The maximum atomic E-state index is 13.5. The van der Waals surface area contributed by atoms with E-state index in [0.29, 0.717) is 6.04 Å². The molecule has 0 N–H and O–H groups in total. The van der Waals surface area contributed by atoms with Crippen LogP contribution in [0.15, 0.2) is 109 Å². The molecule has 45 heavy (non-hydrogen) atoms. The highest BCUT2D eigenvalue weighted by atomic mass is 35.5. The number of piperidine rings is 1. The van der Waals surface area contributed by atoms with Gasteiger partial charge in [-0.1, -0.05) is 17.7 Å². The first-order chi connectivity index (χ1) is 20.5. The molecule has 2 aromatic heterocycles. The molecule has 0 spiro atoms. The van der Waals surface area contributed by atoms with Gasteiger partial charge in [0.2, 0.25) is 0 Å². The molecule has 9 heteroatoms. The van der Waals surface area contributed by atoms with Crippen molar-refractivity contribution in [3.63, 3.8) is 0 Å². The molecule has 5 aromatic rings. The summed E-state index contributed by atoms with van der Waals surface area (Å²) in [5.41, 5.74) is 8.40. The molecule has 3 aromatic carbocycles. The molecule has 236 valence electrons. The maximum Gasteiger partial charge on any atom is 0.123 e. The third-order valence-electron chi connectivity index (χ3n) is 8.05. The summed E-state index contributed by atoms with van der Waals surface area (Å²) < 4.78 is 26.9. The van der Waals surface area contributed by atoms with E-state index in [1.54, 1.807) is 24.3 Å². The minimum Gasteiger partial charge on any atom is -0.364 e. The second kappa shape index (κ2) is 16.7. The zero-order chi connectivity index (χ0) is 28.9. The summed E-state index contributed by atoms with van der Waals surface area (Å²) in [6.45, 7) is 5.75. The number of hydrogen-bond donors (Lipinski definition) is 0. The number of rotatable bonds is 8. The summed E-state index contributed by atoms with van der Waals surface area (Å²) in [6.07, 6.45) is 5.80. The standard InChI is InChI=1S/C36H34F2N4.3ClH/c1-26-2-12-33(13-3-26)42(25-28-15-19-40-36(23-28)30-6-10-32(38)11-7-30)34-16-20-41(21-17-34)24-27-14-18-39-35(22-27)29-4-8-31(37)9-5-29;;;/h2-15,18-19,22-23,34H,16-17,20-21,24-25H2,1H3;3*1H. The number of aromatic nitrogens is 2. The zero-order valence-electron chi connectivity index (χ0n) is 25.0. The van der Waals surface area contributed by atoms with E-state index >= 15 is 0 Å². The van der Waals surface area contributed by atoms with Crippen LogP contribution >= 0.6 is 37.2 Å². The Morgan fingerprint density at radius 2 is 1.16 bits per heavy atom. The molecular weight excluding hydrogens is 633 g/mol. The molecule has 0 radical (unpaired) electrons. The third kappa shape index (κ3) is 9.24. The number of benzene rings is 3. The quantitative estimate of drug-likeness (QED) is 0.165. The van der Waals surface area contributed by atoms with E-state index in [0.717, 1.165) is 61.5 Å². The van der Waals surface area contributed by atoms with Gasteiger partial charge in [0, 0.05) is 61.4 Å². The van der Waals surface area contributed by atoms with Crippen molar-refractivity contribution in [1.29, 1.82) is 0 Å². The monoisotopic (exact) mass is 668 g/mol. The van der Waals surface area contributed by atoms with Gasteiger partial charge in [-0.05, 0) is 116 Å². The van der Waals surface area contributed by atoms with Crippen LogP contribution in [0.4, 0.5) is 14.5 Å². The van der Waals surface area contributed by atoms with Gasteiger partial charge in [-0.3, -0.25) is 14.9 Å². The molecule has 4 nitrogen and oxygen atoms in total. The molecule has 0 bridgehead atoms. The number of aryl methyl sites for hydroxylation is 1. The van der Waals surface area contributed by atoms with Crippen LogP contribution in [0, 0.1) is 18.6 Å². The largest absolute Gasteiger partial charge is 0.364 e. The Hall–Kier alpha value is -3.55. The molecule has 0 unspecified atom stereocenters. The van der Waals surface area contributed by atoms with Crippen LogP contribution in [0.25, 0.3) is 22.5 Å². The van der Waals surface area contributed by atoms with E-state index in [9.17, 15) is 8.78 Å². The Labute approximate surface area is 282 Å². The molecule has 6 rings (SSSR count). The number of anilines is 1. The average Bonchev–Trinajstić information content (AvgIpc) is 3.02. The second-order valence-corrected chi connectivity index (χ2v) is 11.1. The number of likely N-dealkylation sites (tertiary alicyclic amines) is 1. The first kappa shape index (κ1) is 35.9. The van der Waals surface area contributed by atoms with Crippen molar-refractivity contribution < 1.29 is 8.78 Å². The molecule has 1 aliphatic rings. The molecule has 1 saturated heterocycles. The summed E-state index contributed by atoms with van der Waals surface area (Å²) in [5.74, 6) is -0.487. The van der Waals surface area contributed by atoms with Gasteiger partial charge in [0.05, 0.1) is 11.4 Å². The fourth-order valence-corrected chi connectivity index (χ4v) is 5.71. The number of nitrogens with zero attached hydrogens (tertiary/aromatic N) is 4. The first-order valence-electron chi connectivity index (χ1n) is 14.5. The number of pyridine rings is 2. The highest BCUT2D eigenvalue weighted by molar-refractivity contribution is 5.86. The lowest BCUT2D eigenvalue weighted by Gasteiger charge is -2.40. The minimum absolute atomic E-state index is 0. The Morgan fingerprint density at radius 3 is 1.69 bits per heavy atom. The van der Waals surface area contributed by atoms with Crippen LogP contribution in [-0.2, 0) is 13.1 Å². The number of hydrogen-bond acceptors (Lipinski definition) is 4. The topological polar surface area (TPSA) is 32.3 Å². The molecular formula is C36H37Cl3F2N4. The average molecular weight is 670 g/mol. The predicted octanol–water partition coefficient (Wildman–Crippen LogP) is 9.33. The van der Waals surface area contributed by atoms with Gasteiger partial charge in [0.15, 0.2) is 0 Å². The van der Waals surface area contributed by atoms with Crippen molar-refractivity contribution in [2.45, 2.75) is 38.9 Å². The van der Waals surface area contributed by atoms with Crippen molar-refractivity contribution in [1.82, 2.24) is 14.9 Å². The van der Waals surface area contributed by atoms with E-state index < -0.39 is 0 Å². The second-order valence-electron chi connectivity index (χ2n) is 11.1. The third-order valence-corrected chi connectivity index (χ3v) is 8.05. The molecule has 0 amide bonds. The summed E-state index contributed by atoms with van der Waals surface area (Å²) in [5, 5.41) is 0. The fourth-order valence-electron chi connectivity index (χ4n) is 5.71. The highest BCUT2D eigenvalue weighted by Gasteiger charge is 2.25. The van der Waals surface area contributed by atoms with E-state index in [-0.39, 0.29) is 48.9 Å². The summed E-state index contributed by atoms with van der Waals surface area (Å²) in [7, 11) is 0. The van der Waals surface area contributed by atoms with Crippen molar-refractivity contribution >= 4 is 42.9 Å². The minimum atomic E-state index is -0.246. The van der Waals surface area contributed by atoms with Gasteiger partial charge < -0.3 is 4.90 Å². The van der Waals surface area contributed by atoms with Gasteiger partial charge >= 0.3 is 0 Å². The van der Waals surface area contributed by atoms with Crippen molar-refractivity contribution in [3.05, 3.63) is 138 Å². The summed E-state index contributed by atoms with van der Waals surface area (Å²) in [4.78, 5) is 14.1. The van der Waals surface area contributed by atoms with Gasteiger partial charge in [0.1, 0.15) is 11.6 Å². The molecule has 0 atom stereocenters. The van der Waals surface area contributed by atoms with Crippen LogP contribution in [-0.4, -0.2) is 34.0 Å². The highest BCUT2D eigenvalue weighted by Crippen LogP contribution is 2.28. The van der Waals surface area contributed by atoms with E-state index in [1.165, 1.54) is 46.6 Å². The summed E-state index contributed by atoms with van der Waals surface area (Å²) in [6, 6.07) is 30.6. The lowest BCUT2D eigenvalue weighted by Crippen LogP contribution is -2.44. The lowest BCUT2D eigenvalue weighted by atomic mass is 10.00. The number of halogens is 5. The zero-order valence-corrected chi connectivity index (χ0v) is 27.4. The predicted molar refractivity (Wildman–Crippen MR) is 187 cm³/mol. The molecule has 3 heterocycles. The molecule has 0 aliphatic carbocycles. The Bertz CT molecular complexity index is 1630. The lowest BCUT2D eigenvalue weighted by molar-refractivity contribution is 0.201. The van der Waals surface area contributed by atoms with E-state index in [2.05, 4.69) is 75.2 Å². The van der Waals surface area contributed by atoms with Crippen LogP contribution in [0.2, 0.25) is 0 Å². The van der Waals surface area contributed by atoms with Crippen LogP contribution in [0.5, 0.6) is 0 Å². The molecule has 0 saturated carbocycles. The molecule has 1 fully saturated rings. The summed E-state index contributed by atoms with van der Waals surface area (Å²) >= 11 is 0. The molecule has 1 aliphatic heterocycles. The fraction of sp³-hybridized carbons (Fsp3) is 0.222. The van der Waals surface area contributed by atoms with E-state index in [1.807, 2.05) is 12.4 Å². The van der Waals surface area contributed by atoms with Gasteiger partial charge in [-0.25, -0.2) is 8.78 Å². The maximum absolute atomic E-state index is 13.5. The first-order valence-corrected chi connectivity index (χ1v) is 14.5. The van der Waals surface area contributed by atoms with Crippen LogP contribution in [0.3, 0.4) is 0 Å². The smallest absolute Gasteiger partial charge is 0.123 e. The Balaban J connectivity index is 0.00000184. The van der Waals surface area contributed by atoms with Crippen LogP contribution in [0.1, 0.15) is 29.5 Å². The Morgan fingerprint density at radius 1 is 0.667 bits per heavy atom. The van der Waals surface area contributed by atoms with Crippen molar-refractivity contribution in [2.75, 3.05) is 18.0 Å².